The minimum atomic E-state index is 0. The number of furan rings is 1. The first kappa shape index (κ1) is 29.4. The number of benzene rings is 1. The van der Waals surface area contributed by atoms with Gasteiger partial charge in [-0.1, -0.05) is 41.0 Å². The summed E-state index contributed by atoms with van der Waals surface area (Å²) in [5.41, 5.74) is 2.65. The molecule has 2 aromatic heterocycles. The van der Waals surface area contributed by atoms with Crippen molar-refractivity contribution in [1.29, 1.82) is 0 Å². The molecule has 0 aliphatic heterocycles. The third kappa shape index (κ3) is 9.01. The van der Waals surface area contributed by atoms with E-state index in [9.17, 15) is 4.79 Å². The van der Waals surface area contributed by atoms with Gasteiger partial charge in [-0.15, -0.1) is 0 Å². The Morgan fingerprint density at radius 2 is 1.78 bits per heavy atom. The van der Waals surface area contributed by atoms with Crippen LogP contribution >= 0.6 is 0 Å². The van der Waals surface area contributed by atoms with E-state index in [1.807, 2.05) is 49.3 Å². The van der Waals surface area contributed by atoms with Crippen LogP contribution in [-0.4, -0.2) is 47.5 Å². The lowest BCUT2D eigenvalue weighted by molar-refractivity contribution is 0.0741. The fourth-order valence-corrected chi connectivity index (χ4v) is 3.84. The van der Waals surface area contributed by atoms with Gasteiger partial charge in [-0.25, -0.2) is 4.98 Å². The van der Waals surface area contributed by atoms with E-state index in [1.165, 1.54) is 0 Å². The molecule has 1 amide bonds. The smallest absolute Gasteiger partial charge is 0.253 e. The summed E-state index contributed by atoms with van der Waals surface area (Å²) in [7, 11) is 3.75. The maximum atomic E-state index is 13.5. The normalized spacial score (nSPS) is 11.1. The maximum Gasteiger partial charge on any atom is 0.253 e. The summed E-state index contributed by atoms with van der Waals surface area (Å²) in [5.74, 6) is 2.94. The fourth-order valence-electron chi connectivity index (χ4n) is 3.84. The molecule has 0 aliphatic rings. The molecule has 2 heterocycles. The Morgan fingerprint density at radius 1 is 1.11 bits per heavy atom. The minimum absolute atomic E-state index is 0. The van der Waals surface area contributed by atoms with Crippen LogP contribution in [0.15, 0.2) is 41.0 Å². The molecule has 0 spiro atoms. The van der Waals surface area contributed by atoms with Crippen LogP contribution in [0, 0.1) is 11.8 Å². The summed E-state index contributed by atoms with van der Waals surface area (Å²) in [4.78, 5) is 20.3. The Labute approximate surface area is 219 Å². The van der Waals surface area contributed by atoms with E-state index in [-0.39, 0.29) is 7.33 Å². The van der Waals surface area contributed by atoms with E-state index in [4.69, 9.17) is 9.40 Å². The molecule has 0 atom stereocenters. The first-order valence-electron chi connectivity index (χ1n) is 13.4. The predicted octanol–water partition coefficient (Wildman–Crippen LogP) is 6.66. The van der Waals surface area contributed by atoms with Crippen molar-refractivity contribution in [2.45, 2.75) is 73.4 Å². The SMILES string of the molecule is CCCCn1c(NCc2ccco2)nc2ccc(C(=O)N(CCC(C)C)CCC(C)C)cc21.CNC.[HH]. The number of nitrogens with zero attached hydrogens (tertiary/aromatic N) is 3. The highest BCUT2D eigenvalue weighted by atomic mass is 16.3. The lowest BCUT2D eigenvalue weighted by atomic mass is 10.1. The molecule has 202 valence electrons. The van der Waals surface area contributed by atoms with Gasteiger partial charge < -0.3 is 24.5 Å². The van der Waals surface area contributed by atoms with Gasteiger partial charge in [-0.05, 0) is 75.5 Å². The largest absolute Gasteiger partial charge is 0.467 e. The number of anilines is 1. The average Bonchev–Trinajstić information content (AvgIpc) is 3.48. The number of unbranched alkanes of at least 4 members (excludes halogenated alkanes) is 1. The van der Waals surface area contributed by atoms with Crippen LogP contribution in [0.4, 0.5) is 5.95 Å². The summed E-state index contributed by atoms with van der Waals surface area (Å²) < 4.78 is 7.66. The maximum absolute atomic E-state index is 13.5. The molecule has 1 aromatic carbocycles. The van der Waals surface area contributed by atoms with Crippen molar-refractivity contribution >= 4 is 22.9 Å². The van der Waals surface area contributed by atoms with Crippen molar-refractivity contribution < 1.29 is 10.6 Å². The van der Waals surface area contributed by atoms with Gasteiger partial charge in [0.05, 0.1) is 23.8 Å². The summed E-state index contributed by atoms with van der Waals surface area (Å²) in [5, 5.41) is 6.16. The molecule has 0 radical (unpaired) electrons. The van der Waals surface area contributed by atoms with Crippen molar-refractivity contribution in [1.82, 2.24) is 19.8 Å². The highest BCUT2D eigenvalue weighted by Gasteiger charge is 2.19. The van der Waals surface area contributed by atoms with Crippen molar-refractivity contribution in [3.05, 3.63) is 47.9 Å². The zero-order valence-corrected chi connectivity index (χ0v) is 23.4. The van der Waals surface area contributed by atoms with Gasteiger partial charge >= 0.3 is 0 Å². The Morgan fingerprint density at radius 3 is 2.33 bits per heavy atom. The quantitative estimate of drug-likeness (QED) is 0.275. The number of hydrogen-bond acceptors (Lipinski definition) is 5. The lowest BCUT2D eigenvalue weighted by Gasteiger charge is -2.24. The number of aryl methyl sites for hydroxylation is 1. The van der Waals surface area contributed by atoms with E-state index in [0.29, 0.717) is 18.4 Å². The standard InChI is InChI=1S/C27H40N4O2.C2H7N.H2/c1-6-7-14-31-25-18-22(26(32)30(15-12-20(2)3)16-13-21(4)5)10-11-24(25)29-27(31)28-19-23-9-8-17-33-23;1-3-2;/h8-11,17-18,20-21H,6-7,12-16,19H2,1-5H3,(H,28,29);3H,1-2H3;1H. The zero-order chi connectivity index (χ0) is 26.5. The second-order valence-electron chi connectivity index (χ2n) is 10.2. The molecule has 3 aromatic rings. The number of nitrogens with one attached hydrogen (secondary N) is 2. The molecular formula is C29H49N5O2. The summed E-state index contributed by atoms with van der Waals surface area (Å²) in [6, 6.07) is 9.77. The zero-order valence-electron chi connectivity index (χ0n) is 23.4. The predicted molar refractivity (Wildman–Crippen MR) is 153 cm³/mol. The molecule has 0 unspecified atom stereocenters. The summed E-state index contributed by atoms with van der Waals surface area (Å²) in [6.07, 6.45) is 5.85. The second-order valence-corrected chi connectivity index (χ2v) is 10.2. The molecule has 2 N–H and O–H groups in total. The summed E-state index contributed by atoms with van der Waals surface area (Å²) >= 11 is 0. The van der Waals surface area contributed by atoms with Gasteiger partial charge in [0, 0.05) is 26.6 Å². The van der Waals surface area contributed by atoms with E-state index >= 15 is 0 Å². The van der Waals surface area contributed by atoms with Crippen molar-refractivity contribution in [3.8, 4) is 0 Å². The van der Waals surface area contributed by atoms with Gasteiger partial charge in [0.15, 0.2) is 0 Å². The van der Waals surface area contributed by atoms with E-state index < -0.39 is 0 Å². The molecule has 0 aliphatic carbocycles. The third-order valence-electron chi connectivity index (χ3n) is 5.97. The van der Waals surface area contributed by atoms with E-state index in [2.05, 4.69) is 49.8 Å². The highest BCUT2D eigenvalue weighted by molar-refractivity contribution is 5.97. The average molecular weight is 500 g/mol. The number of hydrogen-bond donors (Lipinski definition) is 2. The van der Waals surface area contributed by atoms with Crippen molar-refractivity contribution in [2.24, 2.45) is 11.8 Å². The molecule has 36 heavy (non-hydrogen) atoms. The van der Waals surface area contributed by atoms with Crippen LogP contribution in [0.5, 0.6) is 0 Å². The molecule has 7 heteroatoms. The minimum Gasteiger partial charge on any atom is -0.467 e. The molecule has 7 nitrogen and oxygen atoms in total. The first-order chi connectivity index (χ1) is 17.3. The highest BCUT2D eigenvalue weighted by Crippen LogP contribution is 2.24. The van der Waals surface area contributed by atoms with Crippen LogP contribution in [0.1, 0.15) is 77.8 Å². The van der Waals surface area contributed by atoms with Crippen LogP contribution in [0.3, 0.4) is 0 Å². The molecule has 0 saturated heterocycles. The molecule has 0 bridgehead atoms. The van der Waals surface area contributed by atoms with Gasteiger partial charge in [0.25, 0.3) is 5.91 Å². The lowest BCUT2D eigenvalue weighted by Crippen LogP contribution is -2.34. The summed E-state index contributed by atoms with van der Waals surface area (Å²) in [6.45, 7) is 14.1. The van der Waals surface area contributed by atoms with Gasteiger partial charge in [0.1, 0.15) is 5.76 Å². The van der Waals surface area contributed by atoms with E-state index in [0.717, 1.165) is 73.6 Å². The Balaban J connectivity index is 0.00000163. The van der Waals surface area contributed by atoms with Crippen LogP contribution in [-0.2, 0) is 13.1 Å². The topological polar surface area (TPSA) is 75.3 Å². The molecule has 3 rings (SSSR count). The van der Waals surface area contributed by atoms with Gasteiger partial charge in [0.2, 0.25) is 5.95 Å². The van der Waals surface area contributed by atoms with Crippen LogP contribution in [0.2, 0.25) is 0 Å². The molecule has 0 saturated carbocycles. The van der Waals surface area contributed by atoms with Gasteiger partial charge in [-0.3, -0.25) is 4.79 Å². The number of rotatable bonds is 13. The number of carbonyl (C=O) groups excluding carboxylic acids is 1. The monoisotopic (exact) mass is 499 g/mol. The Kier molecular flexibility index (Phi) is 12.5. The Bertz CT molecular complexity index is 1020. The number of amides is 1. The number of aromatic nitrogens is 2. The van der Waals surface area contributed by atoms with Crippen molar-refractivity contribution in [2.75, 3.05) is 32.5 Å². The Hall–Kier alpha value is -2.80. The van der Waals surface area contributed by atoms with Crippen LogP contribution in [0.25, 0.3) is 11.0 Å². The number of carbonyl (C=O) groups is 1. The first-order valence-corrected chi connectivity index (χ1v) is 13.4. The van der Waals surface area contributed by atoms with Gasteiger partial charge in [-0.2, -0.15) is 0 Å². The van der Waals surface area contributed by atoms with E-state index in [1.54, 1.807) is 6.26 Å². The van der Waals surface area contributed by atoms with Crippen molar-refractivity contribution in [3.63, 3.8) is 0 Å². The molecular weight excluding hydrogens is 450 g/mol. The third-order valence-corrected chi connectivity index (χ3v) is 5.97. The van der Waals surface area contributed by atoms with Crippen LogP contribution < -0.4 is 10.6 Å². The second kappa shape index (κ2) is 15.3. The number of fused-ring (bicyclic) bond motifs is 1. The molecule has 0 fully saturated rings. The number of imidazole rings is 1. The fraction of sp³-hybridized carbons (Fsp3) is 0.586.